The maximum absolute atomic E-state index is 12.9. The summed E-state index contributed by atoms with van der Waals surface area (Å²) in [6.45, 7) is -0.688. The first kappa shape index (κ1) is 30.7. The lowest BCUT2D eigenvalue weighted by Crippen LogP contribution is -2.41. The minimum Gasteiger partial charge on any atom is -0.394 e. The van der Waals surface area contributed by atoms with Gasteiger partial charge in [-0.15, -0.1) is 0 Å². The largest absolute Gasteiger partial charge is 0.472 e. The molecule has 0 saturated carbocycles. The Bertz CT molecular complexity index is 1490. The number of hydrogen-bond acceptors (Lipinski definition) is 14. The molecule has 2 aliphatic heterocycles. The number of anilines is 1. The number of rotatable bonds is 11. The number of aliphatic hydroxyl groups is 2. The molecule has 226 valence electrons. The molecule has 4 rings (SSSR count). The molecule has 2 fully saturated rings. The number of aliphatic hydroxyl groups excluding tert-OH is 2. The molecule has 1 unspecified atom stereocenters. The van der Waals surface area contributed by atoms with Crippen LogP contribution in [0.1, 0.15) is 24.4 Å². The Morgan fingerprint density at radius 1 is 1.24 bits per heavy atom. The number of aromatic amines is 1. The van der Waals surface area contributed by atoms with E-state index in [2.05, 4.69) is 9.97 Å². The zero-order valence-corrected chi connectivity index (χ0v) is 22.4. The number of amides is 1. The van der Waals surface area contributed by atoms with Crippen molar-refractivity contribution < 1.29 is 47.7 Å². The van der Waals surface area contributed by atoms with E-state index < -0.39 is 93.5 Å². The number of carbonyl (C=O) groups is 1. The van der Waals surface area contributed by atoms with Crippen LogP contribution in [-0.4, -0.2) is 90.5 Å². The van der Waals surface area contributed by atoms with Gasteiger partial charge in [-0.1, -0.05) is 0 Å². The lowest BCUT2D eigenvalue weighted by Gasteiger charge is -2.26. The SMILES string of the molecule is Cc1cn([C@H]2C[C@H](O)[C@@H](COP(=O)(O)O[C@H]3[C@@H](OCC(N)=O)[C@H](n4ccc(N)nc4=O)O[C@@H]3CO)O2)c(=O)[nH]c1=O. The summed E-state index contributed by atoms with van der Waals surface area (Å²) >= 11 is 0. The summed E-state index contributed by atoms with van der Waals surface area (Å²) in [7, 11) is -5.03. The first-order valence-corrected chi connectivity index (χ1v) is 13.6. The maximum atomic E-state index is 12.9. The lowest BCUT2D eigenvalue weighted by atomic mass is 10.1. The van der Waals surface area contributed by atoms with Gasteiger partial charge >= 0.3 is 19.2 Å². The van der Waals surface area contributed by atoms with Crippen molar-refractivity contribution in [3.8, 4) is 0 Å². The lowest BCUT2D eigenvalue weighted by molar-refractivity contribution is -0.129. The van der Waals surface area contributed by atoms with Crippen molar-refractivity contribution in [3.63, 3.8) is 0 Å². The Kier molecular flexibility index (Phi) is 9.22. The summed E-state index contributed by atoms with van der Waals surface area (Å²) in [5.41, 5.74) is 8.64. The molecule has 0 spiro atoms. The number of aryl methyl sites for hydroxylation is 1. The van der Waals surface area contributed by atoms with E-state index >= 15 is 0 Å². The average molecular weight is 604 g/mol. The molecular weight excluding hydrogens is 575 g/mol. The second-order valence-corrected chi connectivity index (χ2v) is 10.7. The Balaban J connectivity index is 1.48. The summed E-state index contributed by atoms with van der Waals surface area (Å²) in [4.78, 5) is 63.7. The normalized spacial score (nSPS) is 29.4. The molecule has 0 radical (unpaired) electrons. The molecule has 2 aliphatic rings. The minimum atomic E-state index is -5.03. The van der Waals surface area contributed by atoms with Gasteiger partial charge in [0.05, 0.1) is 19.3 Å². The Labute approximate surface area is 229 Å². The second-order valence-electron chi connectivity index (χ2n) is 9.28. The quantitative estimate of drug-likeness (QED) is 0.136. The predicted octanol–water partition coefficient (Wildman–Crippen LogP) is -3.41. The van der Waals surface area contributed by atoms with Gasteiger partial charge in [0.1, 0.15) is 43.1 Å². The summed E-state index contributed by atoms with van der Waals surface area (Å²) in [5, 5.41) is 20.2. The number of nitrogens with zero attached hydrogens (tertiary/aromatic N) is 3. The Morgan fingerprint density at radius 3 is 2.63 bits per heavy atom. The zero-order valence-electron chi connectivity index (χ0n) is 21.5. The van der Waals surface area contributed by atoms with E-state index in [0.717, 1.165) is 9.13 Å². The Morgan fingerprint density at radius 2 is 1.98 bits per heavy atom. The molecule has 0 bridgehead atoms. The molecule has 8 N–H and O–H groups in total. The molecule has 8 atom stereocenters. The fourth-order valence-electron chi connectivity index (χ4n) is 4.37. The van der Waals surface area contributed by atoms with Crippen molar-refractivity contribution in [2.24, 2.45) is 5.73 Å². The molecule has 0 aromatic carbocycles. The third-order valence-electron chi connectivity index (χ3n) is 6.33. The van der Waals surface area contributed by atoms with Gasteiger partial charge in [0.15, 0.2) is 6.23 Å². The number of hydrogen-bond donors (Lipinski definition) is 6. The number of phosphoric acid groups is 1. The van der Waals surface area contributed by atoms with E-state index in [1.165, 1.54) is 25.4 Å². The summed E-state index contributed by atoms with van der Waals surface area (Å²) in [6.07, 6.45) is -6.85. The van der Waals surface area contributed by atoms with Crippen molar-refractivity contribution >= 4 is 19.5 Å². The second kappa shape index (κ2) is 12.3. The van der Waals surface area contributed by atoms with Crippen LogP contribution in [0.4, 0.5) is 5.82 Å². The number of primary amides is 1. The third kappa shape index (κ3) is 6.97. The van der Waals surface area contributed by atoms with Gasteiger partial charge in [0.25, 0.3) is 5.56 Å². The van der Waals surface area contributed by atoms with Gasteiger partial charge < -0.3 is 40.8 Å². The van der Waals surface area contributed by atoms with Gasteiger partial charge in [-0.3, -0.25) is 32.8 Å². The van der Waals surface area contributed by atoms with Crippen LogP contribution in [0.25, 0.3) is 0 Å². The molecule has 19 nitrogen and oxygen atoms in total. The van der Waals surface area contributed by atoms with Crippen molar-refractivity contribution in [1.82, 2.24) is 19.1 Å². The first-order valence-electron chi connectivity index (χ1n) is 12.1. The molecule has 2 aromatic rings. The summed E-state index contributed by atoms with van der Waals surface area (Å²) in [5.74, 6) is -1.02. The molecule has 0 aliphatic carbocycles. The fraction of sp³-hybridized carbons (Fsp3) is 0.571. The highest BCUT2D eigenvalue weighted by atomic mass is 31.2. The Hall–Kier alpha value is -3.26. The zero-order chi connectivity index (χ0) is 30.1. The van der Waals surface area contributed by atoms with E-state index in [4.69, 9.17) is 34.7 Å². The first-order chi connectivity index (χ1) is 19.3. The van der Waals surface area contributed by atoms with Gasteiger partial charge in [0, 0.05) is 24.4 Å². The highest BCUT2D eigenvalue weighted by Gasteiger charge is 2.51. The van der Waals surface area contributed by atoms with Crippen LogP contribution in [-0.2, 0) is 32.6 Å². The van der Waals surface area contributed by atoms with E-state index in [-0.39, 0.29) is 17.8 Å². The fourth-order valence-corrected chi connectivity index (χ4v) is 5.33. The van der Waals surface area contributed by atoms with Crippen LogP contribution in [0.3, 0.4) is 0 Å². The smallest absolute Gasteiger partial charge is 0.394 e. The van der Waals surface area contributed by atoms with E-state index in [1.54, 1.807) is 0 Å². The molecule has 2 aromatic heterocycles. The number of H-pyrrole nitrogens is 1. The van der Waals surface area contributed by atoms with Gasteiger partial charge in [-0.2, -0.15) is 4.98 Å². The summed E-state index contributed by atoms with van der Waals surface area (Å²) < 4.78 is 41.8. The number of ether oxygens (including phenoxy) is 3. The number of aromatic nitrogens is 4. The summed E-state index contributed by atoms with van der Waals surface area (Å²) in [6, 6.07) is 1.26. The van der Waals surface area contributed by atoms with Crippen molar-refractivity contribution in [1.29, 1.82) is 0 Å². The van der Waals surface area contributed by atoms with Gasteiger partial charge in [-0.25, -0.2) is 14.2 Å². The topological polar surface area (TPSA) is 283 Å². The monoisotopic (exact) mass is 604 g/mol. The molecule has 1 amide bonds. The van der Waals surface area contributed by atoms with Crippen molar-refractivity contribution in [2.75, 3.05) is 25.6 Å². The maximum Gasteiger partial charge on any atom is 0.472 e. The number of nitrogens with two attached hydrogens (primary N) is 2. The molecule has 2 saturated heterocycles. The number of phosphoric ester groups is 1. The molecule has 4 heterocycles. The van der Waals surface area contributed by atoms with Crippen LogP contribution in [0, 0.1) is 6.92 Å². The van der Waals surface area contributed by atoms with Crippen LogP contribution >= 0.6 is 7.82 Å². The number of carbonyl (C=O) groups excluding carboxylic acids is 1. The van der Waals surface area contributed by atoms with Crippen LogP contribution in [0.15, 0.2) is 32.8 Å². The van der Waals surface area contributed by atoms with Crippen molar-refractivity contribution in [2.45, 2.75) is 56.3 Å². The standard InChI is InChI=1S/C21H29N6O13P/c1-9-5-27(21(33)25-18(9)31)15-4-10(29)12(38-15)7-37-41(34,35)40-16-11(6-28)39-19(17(16)36-8-14(23)30)26-3-2-13(22)24-20(26)32/h2-3,5,10-12,15-17,19,28-29H,4,6-8H2,1H3,(H2,23,30)(H,34,35)(H2,22,24,32)(H,25,31,33)/t10-,11+,12+,15+,16+,17+,19+/m0/s1. The molecular formula is C21H29N6O13P. The molecule has 20 heteroatoms. The number of nitrogen functional groups attached to an aromatic ring is 1. The average Bonchev–Trinajstić information content (AvgIpc) is 3.42. The highest BCUT2D eigenvalue weighted by molar-refractivity contribution is 7.47. The van der Waals surface area contributed by atoms with Gasteiger partial charge in [0.2, 0.25) is 5.91 Å². The van der Waals surface area contributed by atoms with E-state index in [1.807, 2.05) is 0 Å². The van der Waals surface area contributed by atoms with E-state index in [0.29, 0.717) is 0 Å². The highest BCUT2D eigenvalue weighted by Crippen LogP contribution is 2.49. The van der Waals surface area contributed by atoms with E-state index in [9.17, 15) is 38.8 Å². The van der Waals surface area contributed by atoms with Crippen LogP contribution in [0.2, 0.25) is 0 Å². The van der Waals surface area contributed by atoms with Crippen molar-refractivity contribution in [3.05, 3.63) is 55.3 Å². The van der Waals surface area contributed by atoms with Crippen LogP contribution in [0.5, 0.6) is 0 Å². The molecule has 41 heavy (non-hydrogen) atoms. The van der Waals surface area contributed by atoms with Gasteiger partial charge in [-0.05, 0) is 13.0 Å². The van der Waals surface area contributed by atoms with Crippen LogP contribution < -0.4 is 28.4 Å². The number of nitrogens with one attached hydrogen (secondary N) is 1. The third-order valence-corrected chi connectivity index (χ3v) is 7.31. The predicted molar refractivity (Wildman–Crippen MR) is 134 cm³/mol. The minimum absolute atomic E-state index is 0.0993.